The van der Waals surface area contributed by atoms with Gasteiger partial charge in [0.25, 0.3) is 0 Å². The molecular formula is C19H20BrFN4O2. The van der Waals surface area contributed by atoms with Gasteiger partial charge in [-0.1, -0.05) is 0 Å². The van der Waals surface area contributed by atoms with E-state index in [4.69, 9.17) is 4.74 Å². The number of ether oxygens (including phenoxy) is 1. The second kappa shape index (κ2) is 7.82. The van der Waals surface area contributed by atoms with E-state index in [1.54, 1.807) is 26.4 Å². The third kappa shape index (κ3) is 4.06. The molecule has 0 radical (unpaired) electrons. The highest BCUT2D eigenvalue weighted by Crippen LogP contribution is 2.31. The summed E-state index contributed by atoms with van der Waals surface area (Å²) >= 11 is 3.55. The molecule has 0 fully saturated rings. The molecular weight excluding hydrogens is 415 g/mol. The van der Waals surface area contributed by atoms with Gasteiger partial charge in [-0.3, -0.25) is 9.78 Å². The van der Waals surface area contributed by atoms with Crippen molar-refractivity contribution in [2.45, 2.75) is 39.7 Å². The van der Waals surface area contributed by atoms with Gasteiger partial charge >= 0.3 is 0 Å². The second-order valence-electron chi connectivity index (χ2n) is 6.49. The molecule has 0 aliphatic rings. The van der Waals surface area contributed by atoms with E-state index >= 15 is 0 Å². The second-order valence-corrected chi connectivity index (χ2v) is 7.28. The number of aromatic nitrogens is 4. The zero-order valence-corrected chi connectivity index (χ0v) is 17.2. The van der Waals surface area contributed by atoms with Crippen LogP contribution >= 0.6 is 15.9 Å². The van der Waals surface area contributed by atoms with Crippen molar-refractivity contribution in [1.82, 2.24) is 19.6 Å². The molecule has 8 heteroatoms. The van der Waals surface area contributed by atoms with Gasteiger partial charge in [0.05, 0.1) is 11.8 Å². The van der Waals surface area contributed by atoms with Crippen LogP contribution < -0.4 is 0 Å². The van der Waals surface area contributed by atoms with E-state index in [1.807, 2.05) is 13.8 Å². The van der Waals surface area contributed by atoms with E-state index in [0.29, 0.717) is 11.4 Å². The number of Topliss-reactive ketones (excluding diaryl/α,β-unsaturated/α-hetero) is 1. The Morgan fingerprint density at radius 3 is 2.81 bits per heavy atom. The molecule has 3 rings (SSSR count). The molecule has 0 saturated heterocycles. The van der Waals surface area contributed by atoms with Crippen LogP contribution in [0, 0.1) is 19.7 Å². The first-order valence-corrected chi connectivity index (χ1v) is 9.29. The van der Waals surface area contributed by atoms with Gasteiger partial charge in [-0.15, -0.1) is 0 Å². The fourth-order valence-electron chi connectivity index (χ4n) is 3.04. The predicted octanol–water partition coefficient (Wildman–Crippen LogP) is 3.70. The molecule has 1 unspecified atom stereocenters. The van der Waals surface area contributed by atoms with Crippen molar-refractivity contribution in [2.24, 2.45) is 0 Å². The van der Waals surface area contributed by atoms with Crippen LogP contribution in [0.15, 0.2) is 22.9 Å². The summed E-state index contributed by atoms with van der Waals surface area (Å²) in [5.41, 5.74) is 3.25. The number of hydrogen-bond donors (Lipinski definition) is 0. The first kappa shape index (κ1) is 19.6. The maximum Gasteiger partial charge on any atom is 0.191 e. The minimum atomic E-state index is -0.491. The van der Waals surface area contributed by atoms with Crippen LogP contribution in [-0.2, 0) is 22.4 Å². The Morgan fingerprint density at radius 1 is 1.37 bits per heavy atom. The molecule has 3 heterocycles. The number of ketones is 1. The summed E-state index contributed by atoms with van der Waals surface area (Å²) in [7, 11) is 1.62. The Labute approximate surface area is 164 Å². The third-order valence-corrected chi connectivity index (χ3v) is 5.42. The molecule has 6 nitrogen and oxygen atoms in total. The van der Waals surface area contributed by atoms with Crippen LogP contribution in [0.1, 0.15) is 41.2 Å². The fraction of sp³-hybridized carbons (Fsp3) is 0.368. The standard InChI is InChI=1S/C19H20BrFN4O2/c1-10-18(20)17(11(2)27-4)14(8-22-10)7-15(26)5-13-6-16(21)19-23-12(3)24-25(19)9-13/h6,8-9,11H,5,7H2,1-4H3. The molecule has 0 aliphatic carbocycles. The minimum absolute atomic E-state index is 0.0484. The zero-order valence-electron chi connectivity index (χ0n) is 15.6. The van der Waals surface area contributed by atoms with Gasteiger partial charge in [-0.25, -0.2) is 13.9 Å². The van der Waals surface area contributed by atoms with Gasteiger partial charge in [0.15, 0.2) is 11.5 Å². The first-order chi connectivity index (χ1) is 12.8. The van der Waals surface area contributed by atoms with Gasteiger partial charge in [0, 0.05) is 42.4 Å². The van der Waals surface area contributed by atoms with Gasteiger partial charge < -0.3 is 4.74 Å². The summed E-state index contributed by atoms with van der Waals surface area (Å²) in [5.74, 6) is -0.0619. The van der Waals surface area contributed by atoms with Crippen molar-refractivity contribution in [3.8, 4) is 0 Å². The van der Waals surface area contributed by atoms with E-state index in [-0.39, 0.29) is 30.4 Å². The number of rotatable bonds is 6. The molecule has 3 aromatic rings. The number of pyridine rings is 2. The average molecular weight is 435 g/mol. The number of aryl methyl sites for hydroxylation is 2. The maximum atomic E-state index is 14.2. The molecule has 0 N–H and O–H groups in total. The summed E-state index contributed by atoms with van der Waals surface area (Å²) in [6.07, 6.45) is 3.44. The molecule has 1 atom stereocenters. The summed E-state index contributed by atoms with van der Waals surface area (Å²) in [4.78, 5) is 21.0. The highest BCUT2D eigenvalue weighted by atomic mass is 79.9. The number of nitrogens with zero attached hydrogens (tertiary/aromatic N) is 4. The molecule has 27 heavy (non-hydrogen) atoms. The minimum Gasteiger partial charge on any atom is -0.377 e. The van der Waals surface area contributed by atoms with E-state index in [9.17, 15) is 9.18 Å². The first-order valence-electron chi connectivity index (χ1n) is 8.50. The van der Waals surface area contributed by atoms with Crippen LogP contribution in [0.25, 0.3) is 5.65 Å². The number of carbonyl (C=O) groups excluding carboxylic acids is 1. The van der Waals surface area contributed by atoms with Crippen LogP contribution in [-0.4, -0.2) is 32.5 Å². The van der Waals surface area contributed by atoms with Crippen LogP contribution in [0.2, 0.25) is 0 Å². The van der Waals surface area contributed by atoms with Crippen molar-refractivity contribution < 1.29 is 13.9 Å². The number of carbonyl (C=O) groups is 1. The van der Waals surface area contributed by atoms with E-state index in [0.717, 1.165) is 21.3 Å². The van der Waals surface area contributed by atoms with E-state index < -0.39 is 5.82 Å². The monoisotopic (exact) mass is 434 g/mol. The Hall–Kier alpha value is -2.19. The number of fused-ring (bicyclic) bond motifs is 1. The van der Waals surface area contributed by atoms with Crippen molar-refractivity contribution in [3.63, 3.8) is 0 Å². The predicted molar refractivity (Wildman–Crippen MR) is 102 cm³/mol. The van der Waals surface area contributed by atoms with Crippen LogP contribution in [0.4, 0.5) is 4.39 Å². The Balaban J connectivity index is 1.85. The van der Waals surface area contributed by atoms with E-state index in [2.05, 4.69) is 31.0 Å². The molecule has 0 saturated carbocycles. The van der Waals surface area contributed by atoms with Crippen LogP contribution in [0.5, 0.6) is 0 Å². The number of methoxy groups -OCH3 is 1. The average Bonchev–Trinajstić information content (AvgIpc) is 2.98. The zero-order chi connectivity index (χ0) is 19.7. The lowest BCUT2D eigenvalue weighted by Crippen LogP contribution is -2.12. The maximum absolute atomic E-state index is 14.2. The largest absolute Gasteiger partial charge is 0.377 e. The van der Waals surface area contributed by atoms with Crippen molar-refractivity contribution in [1.29, 1.82) is 0 Å². The molecule has 142 valence electrons. The summed E-state index contributed by atoms with van der Waals surface area (Å²) in [6.45, 7) is 5.50. The van der Waals surface area contributed by atoms with Gasteiger partial charge in [-0.2, -0.15) is 5.10 Å². The van der Waals surface area contributed by atoms with Crippen molar-refractivity contribution in [3.05, 3.63) is 57.0 Å². The normalized spacial score (nSPS) is 12.5. The Bertz CT molecular complexity index is 1020. The fourth-order valence-corrected chi connectivity index (χ4v) is 3.72. The molecule has 3 aromatic heterocycles. The lowest BCUT2D eigenvalue weighted by atomic mass is 9.98. The van der Waals surface area contributed by atoms with Gasteiger partial charge in [0.1, 0.15) is 11.6 Å². The summed E-state index contributed by atoms with van der Waals surface area (Å²) in [5, 5.41) is 4.12. The SMILES string of the molecule is COC(C)c1c(CC(=O)Cc2cc(F)c3nc(C)nn3c2)cnc(C)c1Br. The molecule has 0 amide bonds. The Morgan fingerprint density at radius 2 is 2.11 bits per heavy atom. The Kier molecular flexibility index (Phi) is 5.67. The quantitative estimate of drug-likeness (QED) is 0.591. The molecule has 0 spiro atoms. The molecule has 0 aliphatic heterocycles. The summed E-state index contributed by atoms with van der Waals surface area (Å²) in [6, 6.07) is 1.34. The number of hydrogen-bond acceptors (Lipinski definition) is 5. The highest BCUT2D eigenvalue weighted by Gasteiger charge is 2.19. The lowest BCUT2D eigenvalue weighted by Gasteiger charge is -2.18. The summed E-state index contributed by atoms with van der Waals surface area (Å²) < 4.78 is 21.8. The third-order valence-electron chi connectivity index (χ3n) is 4.41. The lowest BCUT2D eigenvalue weighted by molar-refractivity contribution is -0.117. The van der Waals surface area contributed by atoms with Crippen molar-refractivity contribution in [2.75, 3.05) is 7.11 Å². The topological polar surface area (TPSA) is 69.4 Å². The number of halogens is 2. The highest BCUT2D eigenvalue weighted by molar-refractivity contribution is 9.10. The molecule has 0 aromatic carbocycles. The molecule has 0 bridgehead atoms. The van der Waals surface area contributed by atoms with E-state index in [1.165, 1.54) is 10.6 Å². The van der Waals surface area contributed by atoms with Gasteiger partial charge in [0.2, 0.25) is 0 Å². The smallest absolute Gasteiger partial charge is 0.191 e. The van der Waals surface area contributed by atoms with Crippen LogP contribution in [0.3, 0.4) is 0 Å². The van der Waals surface area contributed by atoms with Crippen molar-refractivity contribution >= 4 is 27.4 Å². The van der Waals surface area contributed by atoms with Gasteiger partial charge in [-0.05, 0) is 53.9 Å².